The number of hydrogen-bond donors (Lipinski definition) is 2. The summed E-state index contributed by atoms with van der Waals surface area (Å²) in [7, 11) is 7.62. The molecule has 0 aromatic heterocycles. The van der Waals surface area contributed by atoms with E-state index < -0.39 is 29.3 Å². The molecule has 0 bridgehead atoms. The van der Waals surface area contributed by atoms with Crippen LogP contribution in [0.1, 0.15) is 39.9 Å². The molecule has 2 aliphatic heterocycles. The highest BCUT2D eigenvalue weighted by Crippen LogP contribution is 2.42. The molecule has 4 rings (SSSR count). The molecule has 2 aromatic carbocycles. The lowest BCUT2D eigenvalue weighted by Crippen LogP contribution is -2.55. The molecule has 2 aliphatic rings. The molecule has 0 spiro atoms. The van der Waals surface area contributed by atoms with E-state index in [-0.39, 0.29) is 36.3 Å². The van der Waals surface area contributed by atoms with Crippen LogP contribution in [0.4, 0.5) is 4.39 Å². The number of carbonyl (C=O) groups excluding carboxylic acids is 3. The molecule has 9 nitrogen and oxygen atoms in total. The van der Waals surface area contributed by atoms with Crippen molar-refractivity contribution >= 4 is 25.9 Å². The zero-order valence-electron chi connectivity index (χ0n) is 20.6. The summed E-state index contributed by atoms with van der Waals surface area (Å²) in [6.07, 6.45) is 0.576. The van der Waals surface area contributed by atoms with E-state index in [9.17, 15) is 23.9 Å². The standard InChI is InChI=1S/C26H29BFN3O6/c1-29-24(33)21(5-3-11-32)31-25(34)19-4-2-6-22(23(19)26(31,27)35)37-16-18-14-17(7-8-20(18)28)15-30-9-12-36-13-10-30/h2,4,6-8,11,14,21,35H,3,5,9-10,12-13,15-16H2,1H3,(H,29,33). The van der Waals surface area contributed by atoms with Crippen LogP contribution in [0, 0.1) is 5.82 Å². The van der Waals surface area contributed by atoms with Crippen LogP contribution in [0.5, 0.6) is 5.75 Å². The van der Waals surface area contributed by atoms with Gasteiger partial charge in [-0.1, -0.05) is 12.1 Å². The van der Waals surface area contributed by atoms with Crippen LogP contribution in [-0.2, 0) is 33.1 Å². The van der Waals surface area contributed by atoms with Gasteiger partial charge in [-0.2, -0.15) is 0 Å². The Morgan fingerprint density at radius 1 is 1.32 bits per heavy atom. The van der Waals surface area contributed by atoms with Crippen LogP contribution in [0.2, 0.25) is 0 Å². The van der Waals surface area contributed by atoms with E-state index >= 15 is 0 Å². The molecular weight excluding hydrogens is 480 g/mol. The van der Waals surface area contributed by atoms with Gasteiger partial charge in [-0.15, -0.1) is 0 Å². The maximum atomic E-state index is 14.6. The second-order valence-electron chi connectivity index (χ2n) is 9.06. The van der Waals surface area contributed by atoms with Crippen molar-refractivity contribution in [3.8, 4) is 5.75 Å². The molecule has 2 radical (unpaired) electrons. The molecule has 37 heavy (non-hydrogen) atoms. The van der Waals surface area contributed by atoms with E-state index in [2.05, 4.69) is 10.2 Å². The summed E-state index contributed by atoms with van der Waals surface area (Å²) < 4.78 is 25.9. The highest BCUT2D eigenvalue weighted by Gasteiger charge is 2.51. The Morgan fingerprint density at radius 3 is 2.78 bits per heavy atom. The van der Waals surface area contributed by atoms with Crippen LogP contribution >= 0.6 is 0 Å². The average molecular weight is 509 g/mol. The number of fused-ring (bicyclic) bond motifs is 1. The molecule has 2 heterocycles. The van der Waals surface area contributed by atoms with Gasteiger partial charge in [0.25, 0.3) is 5.91 Å². The van der Waals surface area contributed by atoms with Crippen molar-refractivity contribution in [2.75, 3.05) is 33.4 Å². The zero-order chi connectivity index (χ0) is 26.6. The molecule has 2 amide bonds. The maximum absolute atomic E-state index is 14.6. The third kappa shape index (κ3) is 5.53. The summed E-state index contributed by atoms with van der Waals surface area (Å²) in [6.45, 7) is 3.37. The molecule has 1 fully saturated rings. The van der Waals surface area contributed by atoms with E-state index in [1.54, 1.807) is 18.2 Å². The molecule has 2 aromatic rings. The minimum absolute atomic E-state index is 0.0162. The highest BCUT2D eigenvalue weighted by atomic mass is 19.1. The number of rotatable bonds is 10. The molecule has 0 aliphatic carbocycles. The first-order valence-electron chi connectivity index (χ1n) is 12.1. The summed E-state index contributed by atoms with van der Waals surface area (Å²) in [4.78, 5) is 39.8. The van der Waals surface area contributed by atoms with Crippen LogP contribution in [0.15, 0.2) is 36.4 Å². The topological polar surface area (TPSA) is 108 Å². The van der Waals surface area contributed by atoms with Gasteiger partial charge in [-0.3, -0.25) is 14.5 Å². The number of ether oxygens (including phenoxy) is 2. The summed E-state index contributed by atoms with van der Waals surface area (Å²) in [5.41, 5.74) is -1.13. The summed E-state index contributed by atoms with van der Waals surface area (Å²) in [6, 6.07) is 8.18. The van der Waals surface area contributed by atoms with Gasteiger partial charge in [-0.05, 0) is 36.2 Å². The van der Waals surface area contributed by atoms with E-state index in [0.717, 1.165) is 23.6 Å². The second-order valence-corrected chi connectivity index (χ2v) is 9.06. The number of amides is 2. The van der Waals surface area contributed by atoms with Crippen molar-refractivity contribution in [3.63, 3.8) is 0 Å². The highest BCUT2D eigenvalue weighted by molar-refractivity contribution is 6.21. The van der Waals surface area contributed by atoms with Crippen LogP contribution < -0.4 is 10.1 Å². The van der Waals surface area contributed by atoms with Crippen molar-refractivity contribution in [1.29, 1.82) is 0 Å². The first-order chi connectivity index (χ1) is 17.8. The predicted octanol–water partition coefficient (Wildman–Crippen LogP) is 1.06. The minimum atomic E-state index is -2.39. The number of nitrogens with zero attached hydrogens (tertiary/aromatic N) is 2. The molecule has 2 atom stereocenters. The van der Waals surface area contributed by atoms with E-state index in [1.807, 2.05) is 0 Å². The van der Waals surface area contributed by atoms with Gasteiger partial charge < -0.3 is 29.6 Å². The Morgan fingerprint density at radius 2 is 2.08 bits per heavy atom. The Labute approximate surface area is 215 Å². The number of morpholine rings is 1. The van der Waals surface area contributed by atoms with Gasteiger partial charge in [0.15, 0.2) is 7.85 Å². The second kappa shape index (κ2) is 11.4. The van der Waals surface area contributed by atoms with Crippen LogP contribution in [0.25, 0.3) is 0 Å². The summed E-state index contributed by atoms with van der Waals surface area (Å²) in [5, 5.41) is 13.7. The molecule has 11 heteroatoms. The van der Waals surface area contributed by atoms with Gasteiger partial charge in [0.05, 0.1) is 18.8 Å². The lowest BCUT2D eigenvalue weighted by atomic mass is 9.82. The number of benzene rings is 2. The fourth-order valence-corrected chi connectivity index (χ4v) is 4.77. The number of aliphatic hydroxyl groups is 1. The van der Waals surface area contributed by atoms with E-state index in [4.69, 9.17) is 17.3 Å². The Kier molecular flexibility index (Phi) is 8.26. The number of nitrogens with one attached hydrogen (secondary N) is 1. The minimum Gasteiger partial charge on any atom is -0.488 e. The zero-order valence-corrected chi connectivity index (χ0v) is 20.6. The average Bonchev–Trinajstić information content (AvgIpc) is 3.10. The number of halogens is 1. The molecule has 194 valence electrons. The Bertz CT molecular complexity index is 1170. The van der Waals surface area contributed by atoms with Gasteiger partial charge in [-0.25, -0.2) is 4.39 Å². The lowest BCUT2D eigenvalue weighted by Gasteiger charge is -2.37. The smallest absolute Gasteiger partial charge is 0.256 e. The fourth-order valence-electron chi connectivity index (χ4n) is 4.77. The number of likely N-dealkylation sites (N-methyl/N-ethyl adjacent to an activating group) is 1. The van der Waals surface area contributed by atoms with Crippen molar-refractivity contribution < 1.29 is 33.4 Å². The van der Waals surface area contributed by atoms with Crippen molar-refractivity contribution in [2.45, 2.75) is 37.7 Å². The lowest BCUT2D eigenvalue weighted by molar-refractivity contribution is -0.131. The van der Waals surface area contributed by atoms with Gasteiger partial charge >= 0.3 is 0 Å². The predicted molar refractivity (Wildman–Crippen MR) is 132 cm³/mol. The molecule has 1 saturated heterocycles. The first-order valence-corrected chi connectivity index (χ1v) is 12.1. The first kappa shape index (κ1) is 26.8. The molecular formula is C26H29BFN3O6. The SMILES string of the molecule is [B]C1(O)c2c(OCc3cc(CN4CCOCC4)ccc3F)cccc2C(=O)N1C(CCC=O)C(=O)NC. The normalized spacial score (nSPS) is 20.4. The van der Waals surface area contributed by atoms with Crippen molar-refractivity contribution in [2.24, 2.45) is 0 Å². The van der Waals surface area contributed by atoms with Gasteiger partial charge in [0.2, 0.25) is 5.91 Å². The van der Waals surface area contributed by atoms with Crippen molar-refractivity contribution in [1.82, 2.24) is 15.1 Å². The number of aldehydes is 1. The molecule has 2 unspecified atom stereocenters. The fraction of sp³-hybridized carbons (Fsp3) is 0.423. The van der Waals surface area contributed by atoms with Gasteiger partial charge in [0.1, 0.15) is 36.1 Å². The van der Waals surface area contributed by atoms with Crippen molar-refractivity contribution in [3.05, 3.63) is 64.5 Å². The summed E-state index contributed by atoms with van der Waals surface area (Å²) >= 11 is 0. The third-order valence-electron chi connectivity index (χ3n) is 6.63. The largest absolute Gasteiger partial charge is 0.488 e. The van der Waals surface area contributed by atoms with Crippen LogP contribution in [-0.4, -0.2) is 80.2 Å². The maximum Gasteiger partial charge on any atom is 0.256 e. The quantitative estimate of drug-likeness (QED) is 0.364. The Hall–Kier alpha value is -3.28. The van der Waals surface area contributed by atoms with Crippen LogP contribution in [0.3, 0.4) is 0 Å². The molecule has 0 saturated carbocycles. The third-order valence-corrected chi connectivity index (χ3v) is 6.63. The van der Waals surface area contributed by atoms with E-state index in [0.29, 0.717) is 31.6 Å². The summed E-state index contributed by atoms with van der Waals surface area (Å²) in [5.74, 6) is -1.62. The Balaban J connectivity index is 1.57. The monoisotopic (exact) mass is 509 g/mol. The molecule has 2 N–H and O–H groups in total. The number of hydrogen-bond acceptors (Lipinski definition) is 7. The number of carbonyl (C=O) groups is 3. The van der Waals surface area contributed by atoms with E-state index in [1.165, 1.54) is 25.2 Å². The van der Waals surface area contributed by atoms with Gasteiger partial charge in [0, 0.05) is 44.2 Å².